The Morgan fingerprint density at radius 1 is 1.27 bits per heavy atom. The molecule has 1 heterocycles. The van der Waals surface area contributed by atoms with Gasteiger partial charge in [0.25, 0.3) is 0 Å². The first-order chi connectivity index (χ1) is 7.24. The van der Waals surface area contributed by atoms with Crippen molar-refractivity contribution in [1.29, 1.82) is 0 Å². The molecule has 0 radical (unpaired) electrons. The number of rotatable bonds is 3. The van der Waals surface area contributed by atoms with Gasteiger partial charge in [-0.2, -0.15) is 0 Å². The van der Waals surface area contributed by atoms with Crippen molar-refractivity contribution < 1.29 is 4.39 Å². The Morgan fingerprint density at radius 2 is 2.00 bits per heavy atom. The lowest BCUT2D eigenvalue weighted by molar-refractivity contribution is 0.627. The van der Waals surface area contributed by atoms with E-state index in [1.807, 2.05) is 0 Å². The van der Waals surface area contributed by atoms with Crippen LogP contribution in [-0.4, -0.2) is 10.2 Å². The van der Waals surface area contributed by atoms with Crippen molar-refractivity contribution >= 4 is 32.4 Å². The van der Waals surface area contributed by atoms with Crippen molar-refractivity contribution in [3.8, 4) is 0 Å². The summed E-state index contributed by atoms with van der Waals surface area (Å²) in [5.74, 6) is -0.225. The van der Waals surface area contributed by atoms with E-state index in [0.29, 0.717) is 6.54 Å². The van der Waals surface area contributed by atoms with Gasteiger partial charge < -0.3 is 5.32 Å². The fraction of sp³-hybridized carbons (Fsp3) is 0.111. The topological polar surface area (TPSA) is 37.8 Å². The third-order valence-electron chi connectivity index (χ3n) is 1.76. The molecule has 1 aromatic heterocycles. The summed E-state index contributed by atoms with van der Waals surface area (Å²) in [4.78, 5) is 0. The molecule has 0 aliphatic heterocycles. The zero-order valence-electron chi connectivity index (χ0n) is 7.58. The minimum Gasteiger partial charge on any atom is -0.356 e. The van der Waals surface area contributed by atoms with E-state index in [2.05, 4.69) is 31.4 Å². The zero-order valence-corrected chi connectivity index (χ0v) is 9.98. The van der Waals surface area contributed by atoms with Gasteiger partial charge in [0, 0.05) is 6.54 Å². The highest BCUT2D eigenvalue weighted by Crippen LogP contribution is 2.20. The van der Waals surface area contributed by atoms with Gasteiger partial charge >= 0.3 is 0 Å². The molecular weight excluding hydrogens is 281 g/mol. The highest BCUT2D eigenvalue weighted by molar-refractivity contribution is 9.11. The highest BCUT2D eigenvalue weighted by atomic mass is 79.9. The van der Waals surface area contributed by atoms with Gasteiger partial charge in [0.15, 0.2) is 3.92 Å². The monoisotopic (exact) mass is 287 g/mol. The number of nitrogens with one attached hydrogen (secondary N) is 1. The summed E-state index contributed by atoms with van der Waals surface area (Å²) in [5, 5.41) is 11.5. The van der Waals surface area contributed by atoms with Crippen LogP contribution in [0.3, 0.4) is 0 Å². The number of benzene rings is 1. The van der Waals surface area contributed by atoms with Crippen LogP contribution >= 0.6 is 27.3 Å². The van der Waals surface area contributed by atoms with Gasteiger partial charge in [0.1, 0.15) is 5.82 Å². The van der Waals surface area contributed by atoms with Crippen molar-refractivity contribution in [1.82, 2.24) is 10.2 Å². The largest absolute Gasteiger partial charge is 0.356 e. The molecule has 2 rings (SSSR count). The van der Waals surface area contributed by atoms with E-state index >= 15 is 0 Å². The maximum absolute atomic E-state index is 12.6. The molecule has 6 heteroatoms. The van der Waals surface area contributed by atoms with Gasteiger partial charge in [-0.1, -0.05) is 23.5 Å². The molecule has 0 aliphatic carbocycles. The van der Waals surface area contributed by atoms with Crippen LogP contribution in [0.4, 0.5) is 9.52 Å². The highest BCUT2D eigenvalue weighted by Gasteiger charge is 2.00. The van der Waals surface area contributed by atoms with Crippen LogP contribution in [0.15, 0.2) is 28.2 Å². The molecule has 78 valence electrons. The Morgan fingerprint density at radius 3 is 2.60 bits per heavy atom. The van der Waals surface area contributed by atoms with E-state index in [-0.39, 0.29) is 5.82 Å². The molecule has 0 fully saturated rings. The Balaban J connectivity index is 1.96. The molecule has 0 unspecified atom stereocenters. The second-order valence-corrected chi connectivity index (χ2v) is 5.09. The Kier molecular flexibility index (Phi) is 3.27. The first kappa shape index (κ1) is 10.5. The van der Waals surface area contributed by atoms with E-state index < -0.39 is 0 Å². The molecule has 15 heavy (non-hydrogen) atoms. The summed E-state index contributed by atoms with van der Waals surface area (Å²) >= 11 is 4.64. The number of aromatic nitrogens is 2. The van der Waals surface area contributed by atoms with Crippen molar-refractivity contribution in [3.63, 3.8) is 0 Å². The van der Waals surface area contributed by atoms with Gasteiger partial charge in [0.05, 0.1) is 0 Å². The standard InChI is InChI=1S/C9H7BrFN3S/c10-8-13-14-9(15-8)12-5-6-1-3-7(11)4-2-6/h1-4H,5H2,(H,12,14). The molecule has 0 saturated heterocycles. The molecule has 0 spiro atoms. The van der Waals surface area contributed by atoms with Gasteiger partial charge in [-0.3, -0.25) is 0 Å². The van der Waals surface area contributed by atoms with E-state index in [4.69, 9.17) is 0 Å². The van der Waals surface area contributed by atoms with Crippen LogP contribution in [0.5, 0.6) is 0 Å². The maximum atomic E-state index is 12.6. The number of anilines is 1. The second-order valence-electron chi connectivity index (χ2n) is 2.84. The summed E-state index contributed by atoms with van der Waals surface area (Å²) < 4.78 is 13.3. The molecule has 0 bridgehead atoms. The third-order valence-corrected chi connectivity index (χ3v) is 3.07. The number of hydrogen-bond donors (Lipinski definition) is 1. The van der Waals surface area contributed by atoms with Gasteiger partial charge in [-0.05, 0) is 33.6 Å². The van der Waals surface area contributed by atoms with Crippen molar-refractivity contribution in [2.24, 2.45) is 0 Å². The van der Waals surface area contributed by atoms with Crippen molar-refractivity contribution in [3.05, 3.63) is 39.6 Å². The predicted octanol–water partition coefficient (Wildman–Crippen LogP) is 3.05. The Bertz CT molecular complexity index is 443. The fourth-order valence-corrected chi connectivity index (χ4v) is 2.06. The number of hydrogen-bond acceptors (Lipinski definition) is 4. The van der Waals surface area contributed by atoms with E-state index in [9.17, 15) is 4.39 Å². The summed E-state index contributed by atoms with van der Waals surface area (Å²) in [5.41, 5.74) is 1.00. The molecule has 0 atom stereocenters. The fourth-order valence-electron chi connectivity index (χ4n) is 1.06. The smallest absolute Gasteiger partial charge is 0.206 e. The normalized spacial score (nSPS) is 10.3. The summed E-state index contributed by atoms with van der Waals surface area (Å²) in [7, 11) is 0. The molecule has 1 N–H and O–H groups in total. The molecule has 2 aromatic rings. The average Bonchev–Trinajstić information content (AvgIpc) is 2.64. The zero-order chi connectivity index (χ0) is 10.7. The third kappa shape index (κ3) is 2.97. The van der Waals surface area contributed by atoms with Gasteiger partial charge in [-0.15, -0.1) is 10.2 Å². The average molecular weight is 288 g/mol. The molecule has 0 saturated carbocycles. The molecular formula is C9H7BrFN3S. The molecule has 3 nitrogen and oxygen atoms in total. The summed E-state index contributed by atoms with van der Waals surface area (Å²) in [6.07, 6.45) is 0. The van der Waals surface area contributed by atoms with Crippen LogP contribution in [0.2, 0.25) is 0 Å². The Labute approximate surface area is 98.5 Å². The van der Waals surface area contributed by atoms with E-state index in [0.717, 1.165) is 14.6 Å². The minimum atomic E-state index is -0.225. The SMILES string of the molecule is Fc1ccc(CNc2nnc(Br)s2)cc1. The van der Waals surface area contributed by atoms with Crippen molar-refractivity contribution in [2.45, 2.75) is 6.54 Å². The molecule has 0 aliphatic rings. The van der Waals surface area contributed by atoms with Crippen molar-refractivity contribution in [2.75, 3.05) is 5.32 Å². The lowest BCUT2D eigenvalue weighted by atomic mass is 10.2. The summed E-state index contributed by atoms with van der Waals surface area (Å²) in [6, 6.07) is 6.34. The second kappa shape index (κ2) is 4.67. The van der Waals surface area contributed by atoms with E-state index in [1.54, 1.807) is 12.1 Å². The van der Waals surface area contributed by atoms with Crippen LogP contribution in [0.1, 0.15) is 5.56 Å². The first-order valence-electron chi connectivity index (χ1n) is 4.21. The van der Waals surface area contributed by atoms with Crippen LogP contribution in [0, 0.1) is 5.82 Å². The quantitative estimate of drug-likeness (QED) is 0.943. The summed E-state index contributed by atoms with van der Waals surface area (Å²) in [6.45, 7) is 0.613. The molecule has 0 amide bonds. The van der Waals surface area contributed by atoms with Crippen LogP contribution < -0.4 is 5.32 Å². The lowest BCUT2D eigenvalue weighted by Crippen LogP contribution is -1.98. The lowest BCUT2D eigenvalue weighted by Gasteiger charge is -2.01. The van der Waals surface area contributed by atoms with Gasteiger partial charge in [0.2, 0.25) is 5.13 Å². The van der Waals surface area contributed by atoms with E-state index in [1.165, 1.54) is 23.5 Å². The number of halogens is 2. The van der Waals surface area contributed by atoms with Crippen LogP contribution in [-0.2, 0) is 6.54 Å². The number of nitrogens with zero attached hydrogens (tertiary/aromatic N) is 2. The van der Waals surface area contributed by atoms with Gasteiger partial charge in [-0.25, -0.2) is 4.39 Å². The Hall–Kier alpha value is -1.01. The maximum Gasteiger partial charge on any atom is 0.206 e. The van der Waals surface area contributed by atoms with Crippen LogP contribution in [0.25, 0.3) is 0 Å². The minimum absolute atomic E-state index is 0.225. The molecule has 1 aromatic carbocycles. The predicted molar refractivity (Wildman–Crippen MR) is 61.3 cm³/mol. The first-order valence-corrected chi connectivity index (χ1v) is 5.82.